The van der Waals surface area contributed by atoms with Gasteiger partial charge in [0.1, 0.15) is 7.05 Å². The second-order valence-electron chi connectivity index (χ2n) is 10.9. The van der Waals surface area contributed by atoms with E-state index in [4.69, 9.17) is 0 Å². The maximum atomic E-state index is 2.51. The molecule has 1 aromatic heterocycles. The number of fused-ring (bicyclic) bond motifs is 3. The lowest BCUT2D eigenvalue weighted by Gasteiger charge is -2.37. The first kappa shape index (κ1) is 20.0. The van der Waals surface area contributed by atoms with Crippen molar-refractivity contribution in [1.82, 2.24) is 0 Å². The van der Waals surface area contributed by atoms with Gasteiger partial charge in [0.25, 0.3) is 0 Å². The summed E-state index contributed by atoms with van der Waals surface area (Å²) in [6, 6.07) is 16.4. The Kier molecular flexibility index (Phi) is 4.16. The van der Waals surface area contributed by atoms with Crippen molar-refractivity contribution in [3.63, 3.8) is 0 Å². The summed E-state index contributed by atoms with van der Waals surface area (Å²) in [6.45, 7) is 11.8. The summed E-state index contributed by atoms with van der Waals surface area (Å²) in [5.41, 5.74) is 13.2. The van der Waals surface area contributed by atoms with E-state index in [9.17, 15) is 0 Å². The molecular formula is C31H34N+. The molecule has 0 bridgehead atoms. The number of aryl methyl sites for hydroxylation is 3. The van der Waals surface area contributed by atoms with Gasteiger partial charge < -0.3 is 0 Å². The first-order valence-electron chi connectivity index (χ1n) is 12.3. The molecule has 4 aromatic rings. The molecular weight excluding hydrogens is 386 g/mol. The minimum atomic E-state index is -0.0337. The van der Waals surface area contributed by atoms with Crippen molar-refractivity contribution < 1.29 is 4.57 Å². The van der Waals surface area contributed by atoms with Crippen LogP contribution in [-0.2, 0) is 12.5 Å². The quantitative estimate of drug-likeness (QED) is 0.278. The summed E-state index contributed by atoms with van der Waals surface area (Å²) in [7, 11) is 2.29. The zero-order valence-corrected chi connectivity index (χ0v) is 20.4. The highest BCUT2D eigenvalue weighted by Gasteiger charge is 2.44. The van der Waals surface area contributed by atoms with Gasteiger partial charge in [-0.25, -0.2) is 0 Å². The number of pyridine rings is 1. The maximum Gasteiger partial charge on any atom is 0.218 e. The summed E-state index contributed by atoms with van der Waals surface area (Å²) >= 11 is 0. The minimum absolute atomic E-state index is 0.0337. The number of hydrogen-bond donors (Lipinski definition) is 0. The summed E-state index contributed by atoms with van der Waals surface area (Å²) in [5, 5.41) is 4.33. The predicted molar refractivity (Wildman–Crippen MR) is 136 cm³/mol. The fraction of sp³-hybridized carbons (Fsp3) is 0.387. The van der Waals surface area contributed by atoms with Crippen LogP contribution in [0.4, 0.5) is 0 Å². The predicted octanol–water partition coefficient (Wildman–Crippen LogP) is 7.71. The molecule has 1 saturated carbocycles. The molecule has 2 aliphatic rings. The second-order valence-corrected chi connectivity index (χ2v) is 10.9. The fourth-order valence-corrected chi connectivity index (χ4v) is 6.97. The lowest BCUT2D eigenvalue weighted by Crippen LogP contribution is -2.40. The van der Waals surface area contributed by atoms with Crippen LogP contribution in [0.1, 0.15) is 78.8 Å². The number of rotatable bonds is 1. The Balaban J connectivity index is 1.91. The van der Waals surface area contributed by atoms with Gasteiger partial charge in [0.05, 0.1) is 10.9 Å². The van der Waals surface area contributed by atoms with Crippen LogP contribution in [0.2, 0.25) is 0 Å². The third-order valence-corrected chi connectivity index (χ3v) is 8.60. The molecule has 0 unspecified atom stereocenters. The summed E-state index contributed by atoms with van der Waals surface area (Å²) in [5.74, 6) is 0.668. The van der Waals surface area contributed by atoms with Crippen molar-refractivity contribution in [1.29, 1.82) is 0 Å². The highest BCUT2D eigenvalue weighted by Crippen LogP contribution is 2.54. The highest BCUT2D eigenvalue weighted by atomic mass is 14.9. The number of nitrogens with zero attached hydrogens (tertiary/aromatic N) is 1. The Labute approximate surface area is 192 Å². The largest absolute Gasteiger partial charge is 0.218 e. The topological polar surface area (TPSA) is 3.88 Å². The SMILES string of the molecule is Cc1cc2c3c(c(C)c(C)cc3c1)-c1c(c(C3CCCC3)c3ccccc3[n+]1C)C2(C)C. The van der Waals surface area contributed by atoms with Gasteiger partial charge in [0, 0.05) is 17.0 Å². The van der Waals surface area contributed by atoms with Crippen molar-refractivity contribution in [2.75, 3.05) is 0 Å². The van der Waals surface area contributed by atoms with Gasteiger partial charge in [0.15, 0.2) is 0 Å². The number of hydrogen-bond acceptors (Lipinski definition) is 0. The Morgan fingerprint density at radius 1 is 0.938 bits per heavy atom. The van der Waals surface area contributed by atoms with Crippen LogP contribution < -0.4 is 4.57 Å². The molecule has 2 aliphatic carbocycles. The molecule has 1 fully saturated rings. The van der Waals surface area contributed by atoms with E-state index in [0.29, 0.717) is 5.92 Å². The van der Waals surface area contributed by atoms with Gasteiger partial charge in [-0.15, -0.1) is 0 Å². The second kappa shape index (κ2) is 6.67. The van der Waals surface area contributed by atoms with Crippen LogP contribution in [0, 0.1) is 20.8 Å². The van der Waals surface area contributed by atoms with Gasteiger partial charge in [-0.2, -0.15) is 4.57 Å². The normalized spacial score (nSPS) is 17.3. The van der Waals surface area contributed by atoms with E-state index in [1.54, 1.807) is 11.1 Å². The molecule has 0 aliphatic heterocycles. The van der Waals surface area contributed by atoms with E-state index in [-0.39, 0.29) is 5.41 Å². The van der Waals surface area contributed by atoms with Crippen LogP contribution in [0.25, 0.3) is 32.9 Å². The van der Waals surface area contributed by atoms with Gasteiger partial charge >= 0.3 is 0 Å². The number of para-hydroxylation sites is 1. The average molecular weight is 421 g/mol. The van der Waals surface area contributed by atoms with Crippen molar-refractivity contribution in [2.45, 2.75) is 71.6 Å². The average Bonchev–Trinajstić information content (AvgIpc) is 3.28. The van der Waals surface area contributed by atoms with E-state index >= 15 is 0 Å². The Bertz CT molecular complexity index is 1430. The summed E-state index contributed by atoms with van der Waals surface area (Å²) in [6.07, 6.45) is 5.36. The first-order chi connectivity index (χ1) is 15.3. The first-order valence-corrected chi connectivity index (χ1v) is 12.3. The van der Waals surface area contributed by atoms with Gasteiger partial charge in [-0.05, 0) is 78.6 Å². The Morgan fingerprint density at radius 3 is 2.41 bits per heavy atom. The van der Waals surface area contributed by atoms with Crippen LogP contribution in [-0.4, -0.2) is 0 Å². The summed E-state index contributed by atoms with van der Waals surface area (Å²) < 4.78 is 2.51. The van der Waals surface area contributed by atoms with Crippen LogP contribution in [0.5, 0.6) is 0 Å². The third kappa shape index (κ3) is 2.48. The molecule has 1 nitrogen and oxygen atoms in total. The molecule has 6 rings (SSSR count). The minimum Gasteiger partial charge on any atom is -0.194 e. The Morgan fingerprint density at radius 2 is 1.66 bits per heavy atom. The third-order valence-electron chi connectivity index (χ3n) is 8.60. The van der Waals surface area contributed by atoms with Gasteiger partial charge in [-0.3, -0.25) is 0 Å². The molecule has 32 heavy (non-hydrogen) atoms. The van der Waals surface area contributed by atoms with Crippen LogP contribution in [0.15, 0.2) is 42.5 Å². The molecule has 0 N–H and O–H groups in total. The molecule has 1 heteroatoms. The van der Waals surface area contributed by atoms with Crippen molar-refractivity contribution in [3.05, 3.63) is 75.8 Å². The van der Waals surface area contributed by atoms with E-state index in [0.717, 1.165) is 0 Å². The van der Waals surface area contributed by atoms with Crippen molar-refractivity contribution in [3.8, 4) is 11.3 Å². The molecule has 1 heterocycles. The fourth-order valence-electron chi connectivity index (χ4n) is 6.97. The van der Waals surface area contributed by atoms with Gasteiger partial charge in [0.2, 0.25) is 11.2 Å². The molecule has 0 atom stereocenters. The molecule has 3 aromatic carbocycles. The maximum absolute atomic E-state index is 2.51. The molecule has 0 saturated heterocycles. The number of aromatic nitrogens is 1. The van der Waals surface area contributed by atoms with Crippen molar-refractivity contribution >= 4 is 21.7 Å². The van der Waals surface area contributed by atoms with Crippen LogP contribution in [0.3, 0.4) is 0 Å². The number of benzene rings is 3. The van der Waals surface area contributed by atoms with Crippen molar-refractivity contribution in [2.24, 2.45) is 7.05 Å². The lowest BCUT2D eigenvalue weighted by atomic mass is 9.65. The van der Waals surface area contributed by atoms with E-state index in [1.807, 2.05) is 0 Å². The Hall–Kier alpha value is -2.67. The standard InChI is InChI=1S/C31H34N/c1-18-15-22-17-19(2)20(3)26-28(22)24(16-18)31(4,5)29-27(21-11-7-8-12-21)23-13-9-10-14-25(23)32(6)30(26)29/h9-10,13-17,21H,7-8,11-12H2,1-6H3/q+1. The lowest BCUT2D eigenvalue weighted by molar-refractivity contribution is -0.634. The van der Waals surface area contributed by atoms with E-state index in [1.165, 1.54) is 80.9 Å². The highest BCUT2D eigenvalue weighted by molar-refractivity contribution is 6.05. The molecule has 0 amide bonds. The van der Waals surface area contributed by atoms with E-state index < -0.39 is 0 Å². The molecule has 0 spiro atoms. The smallest absolute Gasteiger partial charge is 0.194 e. The molecule has 162 valence electrons. The zero-order valence-electron chi connectivity index (χ0n) is 20.4. The molecule has 0 radical (unpaired) electrons. The van der Waals surface area contributed by atoms with Gasteiger partial charge in [-0.1, -0.05) is 62.6 Å². The monoisotopic (exact) mass is 420 g/mol. The summed E-state index contributed by atoms with van der Waals surface area (Å²) in [4.78, 5) is 0. The van der Waals surface area contributed by atoms with E-state index in [2.05, 4.69) is 88.7 Å². The van der Waals surface area contributed by atoms with Crippen LogP contribution >= 0.6 is 0 Å². The zero-order chi connectivity index (χ0) is 22.4.